The van der Waals surface area contributed by atoms with E-state index in [1.54, 1.807) is 6.07 Å². The first-order chi connectivity index (χ1) is 8.22. The highest BCUT2D eigenvalue weighted by molar-refractivity contribution is 6.07. The first-order valence-corrected chi connectivity index (χ1v) is 5.31. The second kappa shape index (κ2) is 4.80. The Kier molecular flexibility index (Phi) is 3.21. The largest absolute Gasteiger partial charge is 0.370 e. The molecule has 0 bridgehead atoms. The first-order valence-electron chi connectivity index (χ1n) is 5.31. The highest BCUT2D eigenvalue weighted by atomic mass is 16.3. The van der Waals surface area contributed by atoms with Crippen LogP contribution in [0.2, 0.25) is 0 Å². The lowest BCUT2D eigenvalue weighted by atomic mass is 10.0. The molecular formula is C14H13NO2. The molecule has 3 nitrogen and oxygen atoms in total. The molecule has 1 amide bonds. The number of carbonyl (C=O) groups excluding carboxylic acids is 1. The van der Waals surface area contributed by atoms with Crippen LogP contribution in [0.3, 0.4) is 0 Å². The predicted octanol–water partition coefficient (Wildman–Crippen LogP) is 2.07. The zero-order valence-corrected chi connectivity index (χ0v) is 9.26. The van der Waals surface area contributed by atoms with Gasteiger partial charge in [0.15, 0.2) is 0 Å². The molecule has 0 spiro atoms. The van der Waals surface area contributed by atoms with Crippen molar-refractivity contribution in [3.05, 3.63) is 60.7 Å². The lowest BCUT2D eigenvalue weighted by Crippen LogP contribution is -2.32. The summed E-state index contributed by atoms with van der Waals surface area (Å²) in [5, 5.41) is 13.6. The maximum absolute atomic E-state index is 11.9. The van der Waals surface area contributed by atoms with Crippen LogP contribution in [0.5, 0.6) is 0 Å². The molecule has 2 rings (SSSR count). The molecule has 1 unspecified atom stereocenters. The Hall–Kier alpha value is -2.13. The zero-order chi connectivity index (χ0) is 12.3. The summed E-state index contributed by atoms with van der Waals surface area (Å²) in [6, 6.07) is 13.1. The van der Waals surface area contributed by atoms with Gasteiger partial charge in [-0.1, -0.05) is 43.0 Å². The van der Waals surface area contributed by atoms with Gasteiger partial charge < -0.3 is 10.4 Å². The summed E-state index contributed by atoms with van der Waals surface area (Å²) in [5.74, 6) is -0.311. The highest BCUT2D eigenvalue weighted by Crippen LogP contribution is 2.18. The average molecular weight is 227 g/mol. The fourth-order valence-electron chi connectivity index (χ4n) is 1.69. The normalized spacial score (nSPS) is 12.1. The van der Waals surface area contributed by atoms with Crippen molar-refractivity contribution in [2.45, 2.75) is 6.23 Å². The Morgan fingerprint density at radius 1 is 1.24 bits per heavy atom. The topological polar surface area (TPSA) is 49.3 Å². The number of rotatable bonds is 3. The van der Waals surface area contributed by atoms with E-state index in [1.165, 1.54) is 6.08 Å². The number of benzene rings is 2. The molecule has 0 aliphatic rings. The van der Waals surface area contributed by atoms with Crippen molar-refractivity contribution >= 4 is 16.7 Å². The standard InChI is InChI=1S/C14H13NO2/c1-2-13(16)15-14(17)12-9-5-7-10-6-3-4-8-11(10)12/h2-9,13,16H,1H2,(H,15,17). The second-order valence-corrected chi connectivity index (χ2v) is 3.68. The van der Waals surface area contributed by atoms with Crippen LogP contribution in [-0.4, -0.2) is 17.2 Å². The van der Waals surface area contributed by atoms with E-state index >= 15 is 0 Å². The predicted molar refractivity (Wildman–Crippen MR) is 67.6 cm³/mol. The van der Waals surface area contributed by atoms with Crippen LogP contribution in [-0.2, 0) is 0 Å². The second-order valence-electron chi connectivity index (χ2n) is 3.68. The number of aliphatic hydroxyl groups excluding tert-OH is 1. The molecule has 2 aromatic rings. The lowest BCUT2D eigenvalue weighted by molar-refractivity contribution is 0.0856. The van der Waals surface area contributed by atoms with Gasteiger partial charge in [0.05, 0.1) is 0 Å². The molecule has 0 aliphatic carbocycles. The van der Waals surface area contributed by atoms with Crippen LogP contribution < -0.4 is 5.32 Å². The lowest BCUT2D eigenvalue weighted by Gasteiger charge is -2.10. The Labute approximate surface area is 99.4 Å². The van der Waals surface area contributed by atoms with Gasteiger partial charge in [0.25, 0.3) is 5.91 Å². The van der Waals surface area contributed by atoms with Crippen LogP contribution in [0.4, 0.5) is 0 Å². The maximum Gasteiger partial charge on any atom is 0.254 e. The molecule has 17 heavy (non-hydrogen) atoms. The minimum Gasteiger partial charge on any atom is -0.370 e. The average Bonchev–Trinajstić information content (AvgIpc) is 2.37. The van der Waals surface area contributed by atoms with Crippen molar-refractivity contribution in [1.82, 2.24) is 5.32 Å². The van der Waals surface area contributed by atoms with E-state index in [9.17, 15) is 9.90 Å². The van der Waals surface area contributed by atoms with Crippen molar-refractivity contribution in [3.8, 4) is 0 Å². The van der Waals surface area contributed by atoms with Crippen molar-refractivity contribution < 1.29 is 9.90 Å². The fraction of sp³-hybridized carbons (Fsp3) is 0.0714. The molecule has 2 aromatic carbocycles. The third kappa shape index (κ3) is 2.34. The minimum atomic E-state index is -1.03. The van der Waals surface area contributed by atoms with E-state index in [1.807, 2.05) is 36.4 Å². The highest BCUT2D eigenvalue weighted by Gasteiger charge is 2.11. The van der Waals surface area contributed by atoms with Gasteiger partial charge in [-0.25, -0.2) is 0 Å². The molecule has 0 aromatic heterocycles. The summed E-state index contributed by atoms with van der Waals surface area (Å²) in [5.41, 5.74) is 0.545. The summed E-state index contributed by atoms with van der Waals surface area (Å²) in [6.07, 6.45) is 0.240. The summed E-state index contributed by atoms with van der Waals surface area (Å²) in [7, 11) is 0. The van der Waals surface area contributed by atoms with Gasteiger partial charge in [0.1, 0.15) is 6.23 Å². The summed E-state index contributed by atoms with van der Waals surface area (Å²) in [4.78, 5) is 11.9. The molecule has 0 fully saturated rings. The Morgan fingerprint density at radius 2 is 1.94 bits per heavy atom. The monoisotopic (exact) mass is 227 g/mol. The third-order valence-corrected chi connectivity index (χ3v) is 2.54. The number of nitrogens with one attached hydrogen (secondary N) is 1. The van der Waals surface area contributed by atoms with Crippen molar-refractivity contribution in [2.75, 3.05) is 0 Å². The maximum atomic E-state index is 11.9. The zero-order valence-electron chi connectivity index (χ0n) is 9.26. The van der Waals surface area contributed by atoms with Gasteiger partial charge in [0, 0.05) is 5.56 Å². The van der Waals surface area contributed by atoms with Crippen LogP contribution >= 0.6 is 0 Å². The quantitative estimate of drug-likeness (QED) is 0.623. The molecule has 2 N–H and O–H groups in total. The van der Waals surface area contributed by atoms with Gasteiger partial charge in [0.2, 0.25) is 0 Å². The molecule has 0 saturated carbocycles. The molecular weight excluding hydrogens is 214 g/mol. The van der Waals surface area contributed by atoms with Crippen molar-refractivity contribution in [2.24, 2.45) is 0 Å². The fourth-order valence-corrected chi connectivity index (χ4v) is 1.69. The van der Waals surface area contributed by atoms with E-state index in [4.69, 9.17) is 0 Å². The van der Waals surface area contributed by atoms with Crippen molar-refractivity contribution in [1.29, 1.82) is 0 Å². The molecule has 3 heteroatoms. The van der Waals surface area contributed by atoms with Gasteiger partial charge in [-0.2, -0.15) is 0 Å². The summed E-state index contributed by atoms with van der Waals surface area (Å²) < 4.78 is 0. The van der Waals surface area contributed by atoms with E-state index < -0.39 is 6.23 Å². The molecule has 0 aliphatic heterocycles. The smallest absolute Gasteiger partial charge is 0.254 e. The van der Waals surface area contributed by atoms with E-state index in [2.05, 4.69) is 11.9 Å². The SMILES string of the molecule is C=CC(O)NC(=O)c1cccc2ccccc12. The molecule has 1 atom stereocenters. The van der Waals surface area contributed by atoms with E-state index in [-0.39, 0.29) is 5.91 Å². The third-order valence-electron chi connectivity index (χ3n) is 2.54. The number of carbonyl (C=O) groups is 1. The van der Waals surface area contributed by atoms with Gasteiger partial charge in [-0.15, -0.1) is 0 Å². The number of hydrogen-bond acceptors (Lipinski definition) is 2. The van der Waals surface area contributed by atoms with Crippen LogP contribution in [0.15, 0.2) is 55.1 Å². The van der Waals surface area contributed by atoms with Crippen LogP contribution in [0.25, 0.3) is 10.8 Å². The van der Waals surface area contributed by atoms with Gasteiger partial charge in [-0.05, 0) is 22.9 Å². The van der Waals surface area contributed by atoms with Crippen molar-refractivity contribution in [3.63, 3.8) is 0 Å². The Morgan fingerprint density at radius 3 is 2.71 bits per heavy atom. The molecule has 0 saturated heterocycles. The molecule has 0 radical (unpaired) electrons. The summed E-state index contributed by atoms with van der Waals surface area (Å²) in [6.45, 7) is 3.40. The molecule has 86 valence electrons. The first kappa shape index (κ1) is 11.4. The Bertz CT molecular complexity index is 558. The number of hydrogen-bond donors (Lipinski definition) is 2. The minimum absolute atomic E-state index is 0.311. The van der Waals surface area contributed by atoms with Crippen LogP contribution in [0, 0.1) is 0 Å². The summed E-state index contributed by atoms with van der Waals surface area (Å²) >= 11 is 0. The van der Waals surface area contributed by atoms with Crippen LogP contribution in [0.1, 0.15) is 10.4 Å². The van der Waals surface area contributed by atoms with Gasteiger partial charge in [-0.3, -0.25) is 4.79 Å². The Balaban J connectivity index is 2.41. The number of aliphatic hydroxyl groups is 1. The molecule has 0 heterocycles. The number of fused-ring (bicyclic) bond motifs is 1. The van der Waals surface area contributed by atoms with Gasteiger partial charge >= 0.3 is 0 Å². The number of amides is 1. The van der Waals surface area contributed by atoms with E-state index in [0.29, 0.717) is 5.56 Å². The van der Waals surface area contributed by atoms with E-state index in [0.717, 1.165) is 10.8 Å².